The molecule has 0 amide bonds. The highest BCUT2D eigenvalue weighted by Crippen LogP contribution is 2.30. The summed E-state index contributed by atoms with van der Waals surface area (Å²) in [7, 11) is 0. The lowest BCUT2D eigenvalue weighted by Crippen LogP contribution is -1.97. The molecule has 0 spiro atoms. The Balaban J connectivity index is 1.57. The van der Waals surface area contributed by atoms with E-state index < -0.39 is 0 Å². The molecular weight excluding hydrogens is 388 g/mol. The molecule has 8 nitrogen and oxygen atoms in total. The summed E-state index contributed by atoms with van der Waals surface area (Å²) in [5.41, 5.74) is 4.50. The van der Waals surface area contributed by atoms with Crippen molar-refractivity contribution in [3.05, 3.63) is 72.3 Å². The van der Waals surface area contributed by atoms with E-state index in [0.29, 0.717) is 16.7 Å². The van der Waals surface area contributed by atoms with Gasteiger partial charge in [-0.25, -0.2) is 9.97 Å². The molecule has 3 heterocycles. The van der Waals surface area contributed by atoms with Gasteiger partial charge in [-0.2, -0.15) is 5.21 Å². The van der Waals surface area contributed by atoms with Gasteiger partial charge in [-0.05, 0) is 40.6 Å². The number of tetrazole rings is 1. The van der Waals surface area contributed by atoms with E-state index in [9.17, 15) is 0 Å². The standard InChI is InChI=1S/C20H13ClN8/c21-15-8-16(10-22-9-15)25-20-17-7-13(4-5-18(17)23-11-24-20)12-2-1-3-14(6-12)19-26-28-29-27-19/h1-11H,(H,23,24,25)(H,26,27,28,29). The number of nitrogens with one attached hydrogen (secondary N) is 2. The quantitative estimate of drug-likeness (QED) is 0.464. The van der Waals surface area contributed by atoms with E-state index in [0.717, 1.165) is 33.3 Å². The fourth-order valence-corrected chi connectivity index (χ4v) is 3.25. The van der Waals surface area contributed by atoms with E-state index in [1.54, 1.807) is 18.5 Å². The summed E-state index contributed by atoms with van der Waals surface area (Å²) >= 11 is 6.04. The zero-order valence-electron chi connectivity index (χ0n) is 14.9. The molecule has 5 aromatic rings. The van der Waals surface area contributed by atoms with Gasteiger partial charge in [0.1, 0.15) is 12.1 Å². The van der Waals surface area contributed by atoms with Crippen molar-refractivity contribution in [2.45, 2.75) is 0 Å². The van der Waals surface area contributed by atoms with Gasteiger partial charge < -0.3 is 5.32 Å². The average molecular weight is 401 g/mol. The highest BCUT2D eigenvalue weighted by molar-refractivity contribution is 6.30. The summed E-state index contributed by atoms with van der Waals surface area (Å²) in [6.45, 7) is 0. The van der Waals surface area contributed by atoms with Crippen LogP contribution in [0.1, 0.15) is 0 Å². The van der Waals surface area contributed by atoms with Crippen LogP contribution in [0.3, 0.4) is 0 Å². The van der Waals surface area contributed by atoms with Crippen LogP contribution in [0.2, 0.25) is 5.02 Å². The number of hydrogen-bond donors (Lipinski definition) is 2. The van der Waals surface area contributed by atoms with Crippen molar-refractivity contribution in [1.82, 2.24) is 35.6 Å². The summed E-state index contributed by atoms with van der Waals surface area (Å²) in [5.74, 6) is 1.22. The fourth-order valence-electron chi connectivity index (χ4n) is 3.07. The second-order valence-electron chi connectivity index (χ2n) is 6.29. The lowest BCUT2D eigenvalue weighted by molar-refractivity contribution is 0.881. The van der Waals surface area contributed by atoms with Crippen LogP contribution in [0, 0.1) is 0 Å². The van der Waals surface area contributed by atoms with Crippen molar-refractivity contribution in [1.29, 1.82) is 0 Å². The number of fused-ring (bicyclic) bond motifs is 1. The molecule has 29 heavy (non-hydrogen) atoms. The number of anilines is 2. The van der Waals surface area contributed by atoms with Crippen LogP contribution in [0.15, 0.2) is 67.3 Å². The van der Waals surface area contributed by atoms with Crippen molar-refractivity contribution in [2.75, 3.05) is 5.32 Å². The predicted molar refractivity (Wildman–Crippen MR) is 111 cm³/mol. The maximum Gasteiger partial charge on any atom is 0.204 e. The number of aromatic amines is 1. The highest BCUT2D eigenvalue weighted by atomic mass is 35.5. The topological polar surface area (TPSA) is 105 Å². The van der Waals surface area contributed by atoms with Gasteiger partial charge in [-0.1, -0.05) is 35.9 Å². The van der Waals surface area contributed by atoms with Crippen molar-refractivity contribution in [3.8, 4) is 22.5 Å². The Morgan fingerprint density at radius 2 is 1.79 bits per heavy atom. The third kappa shape index (κ3) is 3.48. The zero-order valence-corrected chi connectivity index (χ0v) is 15.7. The number of aromatic nitrogens is 7. The zero-order chi connectivity index (χ0) is 19.6. The monoisotopic (exact) mass is 400 g/mol. The molecule has 0 aliphatic rings. The minimum absolute atomic E-state index is 0.548. The van der Waals surface area contributed by atoms with E-state index in [2.05, 4.69) is 40.9 Å². The van der Waals surface area contributed by atoms with Crippen molar-refractivity contribution in [3.63, 3.8) is 0 Å². The van der Waals surface area contributed by atoms with Gasteiger partial charge in [0.15, 0.2) is 0 Å². The second-order valence-corrected chi connectivity index (χ2v) is 6.72. The smallest absolute Gasteiger partial charge is 0.204 e. The molecule has 0 fully saturated rings. The summed E-state index contributed by atoms with van der Waals surface area (Å²) < 4.78 is 0. The molecule has 3 aromatic heterocycles. The van der Waals surface area contributed by atoms with Crippen LogP contribution < -0.4 is 5.32 Å². The molecule has 5 rings (SSSR count). The first-order valence-electron chi connectivity index (χ1n) is 8.73. The Hall–Kier alpha value is -3.91. The van der Waals surface area contributed by atoms with Crippen molar-refractivity contribution in [2.24, 2.45) is 0 Å². The molecule has 0 saturated heterocycles. The Kier molecular flexibility index (Phi) is 4.30. The van der Waals surface area contributed by atoms with Crippen LogP contribution in [0.5, 0.6) is 0 Å². The van der Waals surface area contributed by atoms with Gasteiger partial charge >= 0.3 is 0 Å². The van der Waals surface area contributed by atoms with Crippen LogP contribution in [0.25, 0.3) is 33.4 Å². The lowest BCUT2D eigenvalue weighted by atomic mass is 10.0. The number of pyridine rings is 1. The number of halogens is 1. The number of nitrogens with zero attached hydrogens (tertiary/aromatic N) is 6. The Morgan fingerprint density at radius 1 is 0.897 bits per heavy atom. The third-order valence-corrected chi connectivity index (χ3v) is 4.61. The first-order valence-corrected chi connectivity index (χ1v) is 9.11. The average Bonchev–Trinajstić information content (AvgIpc) is 3.29. The maximum absolute atomic E-state index is 6.04. The molecule has 0 unspecified atom stereocenters. The summed E-state index contributed by atoms with van der Waals surface area (Å²) in [6.07, 6.45) is 4.80. The largest absolute Gasteiger partial charge is 0.338 e. The first kappa shape index (κ1) is 17.2. The Bertz CT molecular complexity index is 1300. The molecule has 0 aliphatic carbocycles. The van der Waals surface area contributed by atoms with Crippen LogP contribution in [-0.2, 0) is 0 Å². The molecule has 0 radical (unpaired) electrons. The van der Waals surface area contributed by atoms with Crippen molar-refractivity contribution >= 4 is 34.0 Å². The fraction of sp³-hybridized carbons (Fsp3) is 0. The predicted octanol–water partition coefficient (Wildman–Crippen LogP) is 4.27. The molecule has 0 bridgehead atoms. The minimum Gasteiger partial charge on any atom is -0.338 e. The number of hydrogen-bond acceptors (Lipinski definition) is 7. The SMILES string of the molecule is Clc1cncc(Nc2ncnc3ccc(-c4cccc(-c5nn[nH]n5)c4)cc23)c1. The second kappa shape index (κ2) is 7.25. The number of rotatable bonds is 4. The third-order valence-electron chi connectivity index (χ3n) is 4.40. The molecular formula is C20H13ClN8. The molecule has 2 N–H and O–H groups in total. The van der Waals surface area contributed by atoms with Gasteiger partial charge in [0.05, 0.1) is 22.4 Å². The summed E-state index contributed by atoms with van der Waals surface area (Å²) in [6, 6.07) is 15.8. The maximum atomic E-state index is 6.04. The van der Waals surface area contributed by atoms with E-state index >= 15 is 0 Å². The van der Waals surface area contributed by atoms with Gasteiger partial charge in [-0.3, -0.25) is 4.98 Å². The molecule has 0 atom stereocenters. The van der Waals surface area contributed by atoms with Crippen LogP contribution in [-0.4, -0.2) is 35.6 Å². The minimum atomic E-state index is 0.548. The van der Waals surface area contributed by atoms with E-state index in [1.807, 2.05) is 42.5 Å². The van der Waals surface area contributed by atoms with Gasteiger partial charge in [-0.15, -0.1) is 10.2 Å². The molecule has 0 aliphatic heterocycles. The highest BCUT2D eigenvalue weighted by Gasteiger charge is 2.09. The molecule has 2 aromatic carbocycles. The van der Waals surface area contributed by atoms with Gasteiger partial charge in [0.25, 0.3) is 0 Å². The van der Waals surface area contributed by atoms with Crippen LogP contribution >= 0.6 is 11.6 Å². The summed E-state index contributed by atoms with van der Waals surface area (Å²) in [5, 5.41) is 18.9. The lowest BCUT2D eigenvalue weighted by Gasteiger charge is -2.10. The van der Waals surface area contributed by atoms with E-state index in [-0.39, 0.29) is 0 Å². The van der Waals surface area contributed by atoms with Gasteiger partial charge in [0, 0.05) is 17.1 Å². The molecule has 0 saturated carbocycles. The van der Waals surface area contributed by atoms with Crippen molar-refractivity contribution < 1.29 is 0 Å². The Labute approximate surface area is 170 Å². The molecule has 140 valence electrons. The van der Waals surface area contributed by atoms with Gasteiger partial charge in [0.2, 0.25) is 5.82 Å². The molecule has 9 heteroatoms. The number of benzene rings is 2. The normalized spacial score (nSPS) is 10.9. The first-order chi connectivity index (χ1) is 14.3. The van der Waals surface area contributed by atoms with Crippen LogP contribution in [0.4, 0.5) is 11.5 Å². The van der Waals surface area contributed by atoms with E-state index in [1.165, 1.54) is 6.33 Å². The summed E-state index contributed by atoms with van der Waals surface area (Å²) in [4.78, 5) is 12.9. The van der Waals surface area contributed by atoms with E-state index in [4.69, 9.17) is 11.6 Å². The Morgan fingerprint density at radius 3 is 2.66 bits per heavy atom. The number of H-pyrrole nitrogens is 1.